The molecule has 0 saturated carbocycles. The number of anilines is 1. The highest BCUT2D eigenvalue weighted by molar-refractivity contribution is 5.85. The van der Waals surface area contributed by atoms with Gasteiger partial charge in [-0.25, -0.2) is 4.39 Å². The molecule has 0 radical (unpaired) electrons. The van der Waals surface area contributed by atoms with Gasteiger partial charge in [0.25, 0.3) is 0 Å². The number of nitrogens with zero attached hydrogens (tertiary/aromatic N) is 1. The maximum Gasteiger partial charge on any atom is 0.168 e. The molecule has 5 aromatic carbocycles. The predicted octanol–water partition coefficient (Wildman–Crippen LogP) is 8.09. The van der Waals surface area contributed by atoms with Crippen molar-refractivity contribution in [2.45, 2.75) is 20.0 Å². The van der Waals surface area contributed by atoms with Crippen LogP contribution in [0.1, 0.15) is 16.7 Å². The number of aromatic hydroxyl groups is 2. The van der Waals surface area contributed by atoms with Crippen molar-refractivity contribution in [2.24, 2.45) is 0 Å². The van der Waals surface area contributed by atoms with Crippen LogP contribution in [0.25, 0.3) is 22.3 Å². The fourth-order valence-corrected chi connectivity index (χ4v) is 4.96. The molecule has 0 aliphatic carbocycles. The monoisotopic (exact) mass is 519 g/mol. The van der Waals surface area contributed by atoms with Crippen LogP contribution in [-0.4, -0.2) is 17.3 Å². The van der Waals surface area contributed by atoms with E-state index in [0.717, 1.165) is 22.3 Å². The summed E-state index contributed by atoms with van der Waals surface area (Å²) in [5.41, 5.74) is 5.96. The molecule has 0 saturated heterocycles. The zero-order valence-corrected chi connectivity index (χ0v) is 21.9. The normalized spacial score (nSPS) is 10.8. The van der Waals surface area contributed by atoms with Crippen LogP contribution in [0.15, 0.2) is 109 Å². The second-order valence-corrected chi connectivity index (χ2v) is 9.54. The number of hydrogen-bond donors (Lipinski definition) is 2. The van der Waals surface area contributed by atoms with E-state index in [-0.39, 0.29) is 17.3 Å². The molecule has 0 aromatic heterocycles. The van der Waals surface area contributed by atoms with Gasteiger partial charge < -0.3 is 19.8 Å². The number of benzene rings is 5. The van der Waals surface area contributed by atoms with Gasteiger partial charge in [0.2, 0.25) is 0 Å². The van der Waals surface area contributed by atoms with Crippen LogP contribution in [0.5, 0.6) is 17.2 Å². The molecule has 5 aromatic rings. The number of methoxy groups -OCH3 is 1. The van der Waals surface area contributed by atoms with E-state index >= 15 is 4.39 Å². The summed E-state index contributed by atoms with van der Waals surface area (Å²) in [4.78, 5) is 2.02. The Balaban J connectivity index is 1.54. The van der Waals surface area contributed by atoms with Crippen molar-refractivity contribution >= 4 is 5.69 Å². The third-order valence-corrected chi connectivity index (χ3v) is 6.84. The van der Waals surface area contributed by atoms with Crippen molar-refractivity contribution in [1.82, 2.24) is 0 Å². The number of aryl methyl sites for hydroxylation is 1. The number of phenols is 2. The summed E-state index contributed by atoms with van der Waals surface area (Å²) in [5.74, 6) is 0.0119. The lowest BCUT2D eigenvalue weighted by Gasteiger charge is -2.26. The summed E-state index contributed by atoms with van der Waals surface area (Å²) in [5, 5.41) is 20.9. The topological polar surface area (TPSA) is 52.9 Å². The van der Waals surface area contributed by atoms with Crippen LogP contribution in [0, 0.1) is 12.7 Å². The quantitative estimate of drug-likeness (QED) is 0.218. The minimum Gasteiger partial charge on any atom is -0.508 e. The first-order valence-electron chi connectivity index (χ1n) is 12.8. The zero-order valence-electron chi connectivity index (χ0n) is 21.9. The van der Waals surface area contributed by atoms with Crippen molar-refractivity contribution < 1.29 is 19.3 Å². The lowest BCUT2D eigenvalue weighted by Crippen LogP contribution is -2.23. The van der Waals surface area contributed by atoms with Gasteiger partial charge in [0.1, 0.15) is 11.6 Å². The molecule has 0 fully saturated rings. The fraction of sp³-hybridized carbons (Fsp3) is 0.118. The Morgan fingerprint density at radius 3 is 1.82 bits per heavy atom. The average molecular weight is 520 g/mol. The van der Waals surface area contributed by atoms with E-state index in [9.17, 15) is 10.2 Å². The fourth-order valence-electron chi connectivity index (χ4n) is 4.96. The van der Waals surface area contributed by atoms with Crippen molar-refractivity contribution in [3.8, 4) is 39.5 Å². The molecule has 5 heteroatoms. The minimum atomic E-state index is -0.375. The second kappa shape index (κ2) is 11.3. The lowest BCUT2D eigenvalue weighted by molar-refractivity contribution is 0.376. The van der Waals surface area contributed by atoms with E-state index < -0.39 is 0 Å². The molecule has 0 atom stereocenters. The second-order valence-electron chi connectivity index (χ2n) is 9.54. The van der Waals surface area contributed by atoms with Crippen molar-refractivity contribution in [3.63, 3.8) is 0 Å². The molecular formula is C34H30FNO3. The van der Waals surface area contributed by atoms with Crippen LogP contribution in [0.4, 0.5) is 10.1 Å². The molecule has 0 heterocycles. The van der Waals surface area contributed by atoms with Crippen LogP contribution < -0.4 is 9.64 Å². The minimum absolute atomic E-state index is 0.0573. The molecule has 0 aliphatic heterocycles. The SMILES string of the molecule is COc1c(-c2ccc(O)cc2)cc(C)c(-c2ccc(N(Cc3ccccc3)Cc3ccccc3)c(F)c2)c1O. The first kappa shape index (κ1) is 25.9. The Morgan fingerprint density at radius 1 is 0.718 bits per heavy atom. The molecule has 39 heavy (non-hydrogen) atoms. The Kier molecular flexibility index (Phi) is 7.50. The Morgan fingerprint density at radius 2 is 1.28 bits per heavy atom. The molecule has 0 amide bonds. The molecule has 0 bridgehead atoms. The number of phenolic OH excluding ortho intramolecular Hbond substituents is 2. The average Bonchev–Trinajstić information content (AvgIpc) is 2.94. The molecule has 196 valence electrons. The zero-order chi connectivity index (χ0) is 27.4. The van der Waals surface area contributed by atoms with Gasteiger partial charge in [0.15, 0.2) is 11.5 Å². The van der Waals surface area contributed by atoms with E-state index in [1.165, 1.54) is 13.2 Å². The maximum absolute atomic E-state index is 15.8. The molecule has 0 unspecified atom stereocenters. The first-order valence-corrected chi connectivity index (χ1v) is 12.8. The smallest absolute Gasteiger partial charge is 0.168 e. The lowest BCUT2D eigenvalue weighted by atomic mass is 9.93. The Hall–Kier alpha value is -4.77. The Bertz CT molecular complexity index is 1530. The van der Waals surface area contributed by atoms with Gasteiger partial charge >= 0.3 is 0 Å². The summed E-state index contributed by atoms with van der Waals surface area (Å²) in [6.45, 7) is 2.97. The van der Waals surface area contributed by atoms with Crippen molar-refractivity contribution in [1.29, 1.82) is 0 Å². The van der Waals surface area contributed by atoms with Crippen molar-refractivity contribution in [2.75, 3.05) is 12.0 Å². The molecule has 5 rings (SSSR count). The summed E-state index contributed by atoms with van der Waals surface area (Å²) in [6.07, 6.45) is 0. The molecule has 4 nitrogen and oxygen atoms in total. The highest BCUT2D eigenvalue weighted by atomic mass is 19.1. The van der Waals surface area contributed by atoms with Gasteiger partial charge in [-0.3, -0.25) is 0 Å². The maximum atomic E-state index is 15.8. The van der Waals surface area contributed by atoms with Crippen LogP contribution in [-0.2, 0) is 13.1 Å². The molecule has 0 spiro atoms. The third kappa shape index (κ3) is 5.58. The van der Waals surface area contributed by atoms with Crippen LogP contribution in [0.3, 0.4) is 0 Å². The van der Waals surface area contributed by atoms with Gasteiger partial charge in [-0.05, 0) is 65.1 Å². The van der Waals surface area contributed by atoms with Gasteiger partial charge in [-0.15, -0.1) is 0 Å². The van der Waals surface area contributed by atoms with E-state index in [4.69, 9.17) is 4.74 Å². The number of halogens is 1. The van der Waals surface area contributed by atoms with E-state index in [1.807, 2.05) is 84.6 Å². The number of hydrogen-bond acceptors (Lipinski definition) is 4. The summed E-state index contributed by atoms with van der Waals surface area (Å²) < 4.78 is 21.4. The first-order chi connectivity index (χ1) is 18.9. The standard InChI is InChI=1S/C34H30FNO3/c1-23-19-29(26-13-16-28(37)17-14-26)34(39-2)33(38)32(23)27-15-18-31(30(35)20-27)36(21-24-9-5-3-6-10-24)22-25-11-7-4-8-12-25/h3-20,37-38H,21-22H2,1-2H3. The van der Waals surface area contributed by atoms with Gasteiger partial charge in [-0.1, -0.05) is 78.9 Å². The highest BCUT2D eigenvalue weighted by Gasteiger charge is 2.21. The van der Waals surface area contributed by atoms with E-state index in [2.05, 4.69) is 0 Å². The van der Waals surface area contributed by atoms with Gasteiger partial charge in [0.05, 0.1) is 12.8 Å². The molecule has 0 aliphatic rings. The summed E-state index contributed by atoms with van der Waals surface area (Å²) in [6, 6.07) is 33.7. The largest absolute Gasteiger partial charge is 0.508 e. The number of ether oxygens (including phenoxy) is 1. The van der Waals surface area contributed by atoms with E-state index in [0.29, 0.717) is 41.2 Å². The van der Waals surface area contributed by atoms with Gasteiger partial charge in [-0.2, -0.15) is 0 Å². The van der Waals surface area contributed by atoms with E-state index in [1.54, 1.807) is 30.3 Å². The number of rotatable bonds is 8. The van der Waals surface area contributed by atoms with Crippen LogP contribution >= 0.6 is 0 Å². The van der Waals surface area contributed by atoms with Crippen LogP contribution in [0.2, 0.25) is 0 Å². The van der Waals surface area contributed by atoms with Crippen molar-refractivity contribution in [3.05, 3.63) is 132 Å². The highest BCUT2D eigenvalue weighted by Crippen LogP contribution is 2.46. The molecular weight excluding hydrogens is 489 g/mol. The Labute approximate surface area is 228 Å². The summed E-state index contributed by atoms with van der Waals surface area (Å²) >= 11 is 0. The van der Waals surface area contributed by atoms with Gasteiger partial charge in [0, 0.05) is 24.2 Å². The molecule has 2 N–H and O–H groups in total. The third-order valence-electron chi connectivity index (χ3n) is 6.84. The summed E-state index contributed by atoms with van der Waals surface area (Å²) in [7, 11) is 1.49. The predicted molar refractivity (Wildman–Crippen MR) is 155 cm³/mol.